The number of nitro groups is 1. The molecule has 1 rings (SSSR count). The van der Waals surface area contributed by atoms with Gasteiger partial charge in [0.1, 0.15) is 6.61 Å². The van der Waals surface area contributed by atoms with Crippen LogP contribution < -0.4 is 5.32 Å². The van der Waals surface area contributed by atoms with Crippen molar-refractivity contribution >= 4 is 27.3 Å². The standard InChI is InChI=1S/C10H10BrF3N2O3/c11-8-5-7(16(17)18)1-2-9(8)15-3-4-19-6-10(12,13)14/h1-2,5,15H,3-4,6H2. The van der Waals surface area contributed by atoms with E-state index < -0.39 is 17.7 Å². The lowest BCUT2D eigenvalue weighted by molar-refractivity contribution is -0.384. The summed E-state index contributed by atoms with van der Waals surface area (Å²) in [4.78, 5) is 9.95. The van der Waals surface area contributed by atoms with E-state index in [2.05, 4.69) is 26.0 Å². The second-order valence-corrected chi connectivity index (χ2v) is 4.37. The molecule has 0 aliphatic rings. The van der Waals surface area contributed by atoms with Gasteiger partial charge in [0.2, 0.25) is 0 Å². The molecule has 0 aliphatic heterocycles. The van der Waals surface area contributed by atoms with Crippen LogP contribution in [0.5, 0.6) is 0 Å². The van der Waals surface area contributed by atoms with Gasteiger partial charge in [0, 0.05) is 28.8 Å². The lowest BCUT2D eigenvalue weighted by Gasteiger charge is -2.10. The van der Waals surface area contributed by atoms with Crippen LogP contribution in [0.1, 0.15) is 0 Å². The van der Waals surface area contributed by atoms with Crippen LogP contribution in [0.15, 0.2) is 22.7 Å². The van der Waals surface area contributed by atoms with E-state index in [1.54, 1.807) is 0 Å². The van der Waals surface area contributed by atoms with E-state index in [1.807, 2.05) is 0 Å². The number of anilines is 1. The fourth-order valence-corrected chi connectivity index (χ4v) is 1.71. The van der Waals surface area contributed by atoms with E-state index in [1.165, 1.54) is 18.2 Å². The fraction of sp³-hybridized carbons (Fsp3) is 0.400. The minimum atomic E-state index is -4.34. The summed E-state index contributed by atoms with van der Waals surface area (Å²) in [6, 6.07) is 4.06. The van der Waals surface area contributed by atoms with Crippen LogP contribution in [0.4, 0.5) is 24.5 Å². The topological polar surface area (TPSA) is 64.4 Å². The van der Waals surface area contributed by atoms with Crippen molar-refractivity contribution < 1.29 is 22.8 Å². The van der Waals surface area contributed by atoms with Gasteiger partial charge in [-0.15, -0.1) is 0 Å². The highest BCUT2D eigenvalue weighted by atomic mass is 79.9. The fourth-order valence-electron chi connectivity index (χ4n) is 1.21. The third kappa shape index (κ3) is 5.88. The number of ether oxygens (including phenoxy) is 1. The highest BCUT2D eigenvalue weighted by Gasteiger charge is 2.27. The minimum absolute atomic E-state index is 0.0780. The number of non-ortho nitro benzene ring substituents is 1. The molecule has 5 nitrogen and oxygen atoms in total. The van der Waals surface area contributed by atoms with E-state index in [-0.39, 0.29) is 18.8 Å². The number of alkyl halides is 3. The molecule has 0 bridgehead atoms. The molecule has 19 heavy (non-hydrogen) atoms. The molecule has 106 valence electrons. The van der Waals surface area contributed by atoms with Gasteiger partial charge in [-0.25, -0.2) is 0 Å². The molecule has 0 radical (unpaired) electrons. The van der Waals surface area contributed by atoms with Gasteiger partial charge in [-0.05, 0) is 22.0 Å². The Balaban J connectivity index is 2.40. The zero-order valence-electron chi connectivity index (χ0n) is 9.54. The lowest BCUT2D eigenvalue weighted by atomic mass is 10.3. The maximum absolute atomic E-state index is 11.8. The minimum Gasteiger partial charge on any atom is -0.382 e. The van der Waals surface area contributed by atoms with E-state index in [4.69, 9.17) is 0 Å². The summed E-state index contributed by atoms with van der Waals surface area (Å²) in [7, 11) is 0. The van der Waals surface area contributed by atoms with Crippen molar-refractivity contribution in [2.24, 2.45) is 0 Å². The molecule has 0 atom stereocenters. The Morgan fingerprint density at radius 3 is 2.63 bits per heavy atom. The monoisotopic (exact) mass is 342 g/mol. The van der Waals surface area contributed by atoms with Gasteiger partial charge in [-0.1, -0.05) is 0 Å². The molecule has 1 N–H and O–H groups in total. The van der Waals surface area contributed by atoms with Crippen molar-refractivity contribution in [3.8, 4) is 0 Å². The largest absolute Gasteiger partial charge is 0.411 e. The maximum Gasteiger partial charge on any atom is 0.411 e. The molecule has 0 fully saturated rings. The summed E-state index contributed by atoms with van der Waals surface area (Å²) in [6.45, 7) is -1.26. The van der Waals surface area contributed by atoms with Crippen molar-refractivity contribution in [1.82, 2.24) is 0 Å². The molecule has 0 aromatic heterocycles. The summed E-state index contributed by atoms with van der Waals surface area (Å²) < 4.78 is 40.2. The Morgan fingerprint density at radius 1 is 1.42 bits per heavy atom. The first-order valence-corrected chi connectivity index (χ1v) is 5.91. The van der Waals surface area contributed by atoms with Crippen LogP contribution in [-0.4, -0.2) is 30.9 Å². The number of rotatable bonds is 6. The summed E-state index contributed by atoms with van der Waals surface area (Å²) in [5.74, 6) is 0. The van der Waals surface area contributed by atoms with Gasteiger partial charge in [0.05, 0.1) is 11.5 Å². The van der Waals surface area contributed by atoms with Crippen LogP contribution >= 0.6 is 15.9 Å². The van der Waals surface area contributed by atoms with E-state index >= 15 is 0 Å². The Bertz CT molecular complexity index is 454. The highest BCUT2D eigenvalue weighted by Crippen LogP contribution is 2.26. The quantitative estimate of drug-likeness (QED) is 0.489. The number of hydrogen-bond donors (Lipinski definition) is 1. The summed E-state index contributed by atoms with van der Waals surface area (Å²) in [6.07, 6.45) is -4.34. The molecule has 0 amide bonds. The van der Waals surface area contributed by atoms with E-state index in [0.29, 0.717) is 10.2 Å². The molecule has 0 spiro atoms. The van der Waals surface area contributed by atoms with Crippen LogP contribution in [0, 0.1) is 10.1 Å². The number of nitrogens with one attached hydrogen (secondary N) is 1. The molecule has 0 saturated carbocycles. The lowest BCUT2D eigenvalue weighted by Crippen LogP contribution is -2.20. The Morgan fingerprint density at radius 2 is 2.11 bits per heavy atom. The SMILES string of the molecule is O=[N+]([O-])c1ccc(NCCOCC(F)(F)F)c(Br)c1. The third-order valence-electron chi connectivity index (χ3n) is 1.99. The molecule has 0 heterocycles. The van der Waals surface area contributed by atoms with Crippen LogP contribution in [0.25, 0.3) is 0 Å². The Hall–Kier alpha value is -1.35. The van der Waals surface area contributed by atoms with Crippen molar-refractivity contribution in [1.29, 1.82) is 0 Å². The van der Waals surface area contributed by atoms with Gasteiger partial charge >= 0.3 is 6.18 Å². The molecule has 1 aromatic rings. The zero-order chi connectivity index (χ0) is 14.5. The smallest absolute Gasteiger partial charge is 0.382 e. The maximum atomic E-state index is 11.8. The summed E-state index contributed by atoms with van der Waals surface area (Å²) in [5, 5.41) is 13.3. The second kappa shape index (κ2) is 6.71. The van der Waals surface area contributed by atoms with Crippen LogP contribution in [0.3, 0.4) is 0 Å². The second-order valence-electron chi connectivity index (χ2n) is 3.52. The molecule has 9 heteroatoms. The van der Waals surface area contributed by atoms with E-state index in [0.717, 1.165) is 0 Å². The van der Waals surface area contributed by atoms with Crippen LogP contribution in [-0.2, 0) is 4.74 Å². The van der Waals surface area contributed by atoms with Gasteiger partial charge in [0.15, 0.2) is 0 Å². The Kier molecular flexibility index (Phi) is 5.55. The normalized spacial score (nSPS) is 11.4. The molecule has 1 aromatic carbocycles. The molecule has 0 unspecified atom stereocenters. The van der Waals surface area contributed by atoms with Crippen molar-refractivity contribution in [2.45, 2.75) is 6.18 Å². The highest BCUT2D eigenvalue weighted by molar-refractivity contribution is 9.10. The van der Waals surface area contributed by atoms with Gasteiger partial charge in [-0.2, -0.15) is 13.2 Å². The first-order valence-electron chi connectivity index (χ1n) is 5.12. The molecule has 0 aliphatic carbocycles. The van der Waals surface area contributed by atoms with Gasteiger partial charge in [-0.3, -0.25) is 10.1 Å². The number of benzene rings is 1. The van der Waals surface area contributed by atoms with Gasteiger partial charge in [0.25, 0.3) is 5.69 Å². The molecule has 0 saturated heterocycles. The number of hydrogen-bond acceptors (Lipinski definition) is 4. The summed E-state index contributed by atoms with van der Waals surface area (Å²) in [5.41, 5.74) is 0.465. The van der Waals surface area contributed by atoms with Gasteiger partial charge < -0.3 is 10.1 Å². The number of nitro benzene ring substituents is 1. The number of nitrogens with zero attached hydrogens (tertiary/aromatic N) is 1. The summed E-state index contributed by atoms with van der Waals surface area (Å²) >= 11 is 3.13. The van der Waals surface area contributed by atoms with Crippen molar-refractivity contribution in [2.75, 3.05) is 25.1 Å². The van der Waals surface area contributed by atoms with E-state index in [9.17, 15) is 23.3 Å². The van der Waals surface area contributed by atoms with Crippen molar-refractivity contribution in [3.05, 3.63) is 32.8 Å². The zero-order valence-corrected chi connectivity index (χ0v) is 11.1. The molecular formula is C10H10BrF3N2O3. The molecular weight excluding hydrogens is 333 g/mol. The van der Waals surface area contributed by atoms with Crippen molar-refractivity contribution in [3.63, 3.8) is 0 Å². The predicted molar refractivity (Wildman–Crippen MR) is 66.2 cm³/mol. The van der Waals surface area contributed by atoms with Crippen LogP contribution in [0.2, 0.25) is 0 Å². The number of halogens is 4. The average molecular weight is 343 g/mol. The average Bonchev–Trinajstić information content (AvgIpc) is 2.28. The first-order chi connectivity index (χ1) is 8.79. The first kappa shape index (κ1) is 15.7. The predicted octanol–water partition coefficient (Wildman–Crippen LogP) is 3.35. The third-order valence-corrected chi connectivity index (χ3v) is 2.65. The Labute approximate surface area is 115 Å².